The SMILES string of the molecule is CCCOc1ncc(NC(=O)[C@](C)(CCC)OCCC)cc1C. The van der Waals surface area contributed by atoms with E-state index in [0.717, 1.165) is 24.8 Å². The van der Waals surface area contributed by atoms with E-state index < -0.39 is 5.60 Å². The van der Waals surface area contributed by atoms with Crippen LogP contribution in [0.5, 0.6) is 5.88 Å². The summed E-state index contributed by atoms with van der Waals surface area (Å²) >= 11 is 0. The number of carbonyl (C=O) groups is 1. The van der Waals surface area contributed by atoms with E-state index >= 15 is 0 Å². The highest BCUT2D eigenvalue weighted by Gasteiger charge is 2.33. The van der Waals surface area contributed by atoms with Gasteiger partial charge in [0.2, 0.25) is 5.88 Å². The Bertz CT molecular complexity index is 505. The van der Waals surface area contributed by atoms with Gasteiger partial charge in [0.15, 0.2) is 0 Å². The van der Waals surface area contributed by atoms with Crippen molar-refractivity contribution in [2.45, 2.75) is 65.9 Å². The van der Waals surface area contributed by atoms with Gasteiger partial charge < -0.3 is 14.8 Å². The summed E-state index contributed by atoms with van der Waals surface area (Å²) in [4.78, 5) is 16.9. The molecule has 1 rings (SSSR count). The maximum atomic E-state index is 12.6. The zero-order valence-electron chi connectivity index (χ0n) is 15.1. The fraction of sp³-hybridized carbons (Fsp3) is 0.667. The molecule has 0 unspecified atom stereocenters. The van der Waals surface area contributed by atoms with E-state index in [9.17, 15) is 4.79 Å². The lowest BCUT2D eigenvalue weighted by Crippen LogP contribution is -2.43. The van der Waals surface area contributed by atoms with Crippen LogP contribution in [0.2, 0.25) is 0 Å². The summed E-state index contributed by atoms with van der Waals surface area (Å²) in [6.45, 7) is 11.1. The van der Waals surface area contributed by atoms with Crippen LogP contribution >= 0.6 is 0 Å². The first-order valence-corrected chi connectivity index (χ1v) is 8.51. The first-order valence-electron chi connectivity index (χ1n) is 8.51. The minimum Gasteiger partial charge on any atom is -0.477 e. The quantitative estimate of drug-likeness (QED) is 0.704. The molecule has 5 heteroatoms. The first-order chi connectivity index (χ1) is 11.0. The van der Waals surface area contributed by atoms with Crippen molar-refractivity contribution in [3.05, 3.63) is 17.8 Å². The topological polar surface area (TPSA) is 60.5 Å². The summed E-state index contributed by atoms with van der Waals surface area (Å²) in [6.07, 6.45) is 5.01. The number of anilines is 1. The summed E-state index contributed by atoms with van der Waals surface area (Å²) in [7, 11) is 0. The molecule has 0 aliphatic rings. The van der Waals surface area contributed by atoms with E-state index in [1.54, 1.807) is 6.20 Å². The van der Waals surface area contributed by atoms with Gasteiger partial charge in [-0.05, 0) is 39.2 Å². The van der Waals surface area contributed by atoms with E-state index in [1.165, 1.54) is 0 Å². The van der Waals surface area contributed by atoms with Crippen LogP contribution < -0.4 is 10.1 Å². The van der Waals surface area contributed by atoms with Gasteiger partial charge in [-0.3, -0.25) is 4.79 Å². The number of carbonyl (C=O) groups excluding carboxylic acids is 1. The minimum atomic E-state index is -0.809. The molecule has 0 saturated heterocycles. The van der Waals surface area contributed by atoms with Gasteiger partial charge in [0.05, 0.1) is 18.5 Å². The molecule has 1 aromatic rings. The summed E-state index contributed by atoms with van der Waals surface area (Å²) in [5, 5.41) is 2.92. The number of pyridine rings is 1. The Morgan fingerprint density at radius 2 is 1.91 bits per heavy atom. The zero-order chi connectivity index (χ0) is 17.3. The summed E-state index contributed by atoms with van der Waals surface area (Å²) in [5.74, 6) is 0.486. The smallest absolute Gasteiger partial charge is 0.256 e. The standard InChI is InChI=1S/C18H30N2O3/c1-6-9-18(5,23-11-8-3)17(21)20-15-12-14(4)16(19-13-15)22-10-7-2/h12-13H,6-11H2,1-5H3,(H,20,21)/t18-/m0/s1. The highest BCUT2D eigenvalue weighted by molar-refractivity contribution is 5.97. The van der Waals surface area contributed by atoms with Gasteiger partial charge in [-0.25, -0.2) is 4.98 Å². The Morgan fingerprint density at radius 3 is 2.48 bits per heavy atom. The third-order valence-corrected chi connectivity index (χ3v) is 3.56. The number of aromatic nitrogens is 1. The average Bonchev–Trinajstić information content (AvgIpc) is 2.52. The molecule has 0 bridgehead atoms. The monoisotopic (exact) mass is 322 g/mol. The molecule has 1 N–H and O–H groups in total. The number of hydrogen-bond donors (Lipinski definition) is 1. The predicted octanol–water partition coefficient (Wildman–Crippen LogP) is 4.10. The Hall–Kier alpha value is -1.62. The molecule has 0 radical (unpaired) electrons. The number of ether oxygens (including phenoxy) is 2. The second-order valence-electron chi connectivity index (χ2n) is 5.98. The van der Waals surface area contributed by atoms with E-state index in [0.29, 0.717) is 31.2 Å². The van der Waals surface area contributed by atoms with Crippen LogP contribution in [-0.2, 0) is 9.53 Å². The molecule has 0 aromatic carbocycles. The fourth-order valence-electron chi connectivity index (χ4n) is 2.30. The van der Waals surface area contributed by atoms with Crippen LogP contribution in [0.4, 0.5) is 5.69 Å². The molecule has 0 spiro atoms. The summed E-state index contributed by atoms with van der Waals surface area (Å²) < 4.78 is 11.4. The van der Waals surface area contributed by atoms with Crippen molar-refractivity contribution >= 4 is 11.6 Å². The number of nitrogens with one attached hydrogen (secondary N) is 1. The Morgan fingerprint density at radius 1 is 1.22 bits per heavy atom. The largest absolute Gasteiger partial charge is 0.477 e. The Kier molecular flexibility index (Phi) is 8.03. The van der Waals surface area contributed by atoms with Crippen LogP contribution in [0, 0.1) is 6.92 Å². The van der Waals surface area contributed by atoms with Crippen molar-refractivity contribution in [2.24, 2.45) is 0 Å². The molecule has 0 aliphatic carbocycles. The Labute approximate surface area is 139 Å². The van der Waals surface area contributed by atoms with E-state index in [1.807, 2.05) is 33.8 Å². The second-order valence-corrected chi connectivity index (χ2v) is 5.98. The highest BCUT2D eigenvalue weighted by atomic mass is 16.5. The molecule has 1 heterocycles. The van der Waals surface area contributed by atoms with Gasteiger partial charge in [0.1, 0.15) is 5.60 Å². The molecule has 130 valence electrons. The lowest BCUT2D eigenvalue weighted by Gasteiger charge is -2.28. The van der Waals surface area contributed by atoms with Crippen molar-refractivity contribution in [2.75, 3.05) is 18.5 Å². The van der Waals surface area contributed by atoms with Crippen molar-refractivity contribution in [3.63, 3.8) is 0 Å². The zero-order valence-corrected chi connectivity index (χ0v) is 15.1. The van der Waals surface area contributed by atoms with Gasteiger partial charge in [-0.1, -0.05) is 27.2 Å². The maximum absolute atomic E-state index is 12.6. The molecule has 0 saturated carbocycles. The van der Waals surface area contributed by atoms with Crippen molar-refractivity contribution in [3.8, 4) is 5.88 Å². The molecule has 1 amide bonds. The number of amides is 1. The lowest BCUT2D eigenvalue weighted by atomic mass is 9.99. The van der Waals surface area contributed by atoms with Crippen molar-refractivity contribution < 1.29 is 14.3 Å². The maximum Gasteiger partial charge on any atom is 0.256 e. The fourth-order valence-corrected chi connectivity index (χ4v) is 2.30. The van der Waals surface area contributed by atoms with E-state index in [2.05, 4.69) is 17.2 Å². The minimum absolute atomic E-state index is 0.128. The molecular formula is C18H30N2O3. The van der Waals surface area contributed by atoms with Gasteiger partial charge in [-0.2, -0.15) is 0 Å². The van der Waals surface area contributed by atoms with Crippen LogP contribution in [0.1, 0.15) is 58.9 Å². The summed E-state index contributed by atoms with van der Waals surface area (Å²) in [5.41, 5.74) is 0.762. The van der Waals surface area contributed by atoms with E-state index in [-0.39, 0.29) is 5.91 Å². The first kappa shape index (κ1) is 19.4. The summed E-state index contributed by atoms with van der Waals surface area (Å²) in [6, 6.07) is 1.88. The number of nitrogens with zero attached hydrogens (tertiary/aromatic N) is 1. The van der Waals surface area contributed by atoms with Gasteiger partial charge in [0.25, 0.3) is 5.91 Å². The molecule has 1 aromatic heterocycles. The van der Waals surface area contributed by atoms with Crippen molar-refractivity contribution in [1.82, 2.24) is 4.98 Å². The lowest BCUT2D eigenvalue weighted by molar-refractivity contribution is -0.140. The van der Waals surface area contributed by atoms with Crippen LogP contribution in [0.15, 0.2) is 12.3 Å². The molecule has 0 fully saturated rings. The average molecular weight is 322 g/mol. The van der Waals surface area contributed by atoms with Gasteiger partial charge >= 0.3 is 0 Å². The molecule has 23 heavy (non-hydrogen) atoms. The Balaban J connectivity index is 2.79. The highest BCUT2D eigenvalue weighted by Crippen LogP contribution is 2.23. The van der Waals surface area contributed by atoms with Gasteiger partial charge in [0, 0.05) is 12.2 Å². The van der Waals surface area contributed by atoms with Gasteiger partial charge in [-0.15, -0.1) is 0 Å². The van der Waals surface area contributed by atoms with Crippen LogP contribution in [0.3, 0.4) is 0 Å². The molecule has 5 nitrogen and oxygen atoms in total. The number of aryl methyl sites for hydroxylation is 1. The van der Waals surface area contributed by atoms with Crippen molar-refractivity contribution in [1.29, 1.82) is 0 Å². The van der Waals surface area contributed by atoms with E-state index in [4.69, 9.17) is 9.47 Å². The third kappa shape index (κ3) is 5.82. The van der Waals surface area contributed by atoms with Crippen LogP contribution in [0.25, 0.3) is 0 Å². The second kappa shape index (κ2) is 9.50. The molecule has 1 atom stereocenters. The predicted molar refractivity (Wildman–Crippen MR) is 92.9 cm³/mol. The number of rotatable bonds is 10. The molecular weight excluding hydrogens is 292 g/mol. The normalized spacial score (nSPS) is 13.4. The van der Waals surface area contributed by atoms with Crippen LogP contribution in [-0.4, -0.2) is 29.7 Å². The number of hydrogen-bond acceptors (Lipinski definition) is 4. The third-order valence-electron chi connectivity index (χ3n) is 3.56. The molecule has 0 aliphatic heterocycles.